The van der Waals surface area contributed by atoms with E-state index in [1.807, 2.05) is 30.3 Å². The maximum Gasteiger partial charge on any atom is 0.228 e. The molecule has 0 N–H and O–H groups in total. The molecule has 0 aliphatic carbocycles. The lowest BCUT2D eigenvalue weighted by Crippen LogP contribution is -2.06. The highest BCUT2D eigenvalue weighted by Crippen LogP contribution is 2.43. The predicted molar refractivity (Wildman–Crippen MR) is 94.7 cm³/mol. The second-order valence-electron chi connectivity index (χ2n) is 5.24. The summed E-state index contributed by atoms with van der Waals surface area (Å²) in [6.45, 7) is 0.556. The molecule has 0 fully saturated rings. The molecule has 1 aliphatic heterocycles. The third-order valence-corrected chi connectivity index (χ3v) is 4.88. The van der Waals surface area contributed by atoms with Gasteiger partial charge in [-0.3, -0.25) is 4.79 Å². The van der Waals surface area contributed by atoms with Gasteiger partial charge in [0.15, 0.2) is 0 Å². The molecule has 0 aromatic heterocycles. The van der Waals surface area contributed by atoms with Crippen molar-refractivity contribution in [1.29, 1.82) is 0 Å². The number of carbonyl (C=O) groups is 1. The van der Waals surface area contributed by atoms with E-state index in [-0.39, 0.29) is 4.69 Å². The van der Waals surface area contributed by atoms with Crippen LogP contribution >= 0.6 is 31.9 Å². The van der Waals surface area contributed by atoms with Gasteiger partial charge >= 0.3 is 0 Å². The van der Waals surface area contributed by atoms with Crippen LogP contribution in [0.1, 0.15) is 15.9 Å². The van der Waals surface area contributed by atoms with Crippen LogP contribution in [0.4, 0.5) is 0 Å². The SMILES string of the molecule is O=C(Br)c1ccc2c3c(ccc2c1)-c1ccc(Br)cc1CO3. The number of fused-ring (bicyclic) bond motifs is 5. The first-order valence-corrected chi connectivity index (χ1v) is 8.40. The first-order valence-electron chi connectivity index (χ1n) is 6.82. The number of carbonyl (C=O) groups excluding carboxylic acids is 1. The van der Waals surface area contributed by atoms with Gasteiger partial charge in [-0.25, -0.2) is 0 Å². The minimum Gasteiger partial charge on any atom is -0.488 e. The monoisotopic (exact) mass is 416 g/mol. The van der Waals surface area contributed by atoms with Crippen LogP contribution in [0.2, 0.25) is 0 Å². The summed E-state index contributed by atoms with van der Waals surface area (Å²) in [6.07, 6.45) is 0. The van der Waals surface area contributed by atoms with Gasteiger partial charge in [0.05, 0.1) is 0 Å². The molecule has 1 heterocycles. The van der Waals surface area contributed by atoms with Crippen LogP contribution in [0, 0.1) is 0 Å². The average Bonchev–Trinajstić information content (AvgIpc) is 2.53. The number of benzene rings is 3. The van der Waals surface area contributed by atoms with Crippen LogP contribution in [0.3, 0.4) is 0 Å². The minimum atomic E-state index is -0.108. The fraction of sp³-hybridized carbons (Fsp3) is 0.0556. The summed E-state index contributed by atoms with van der Waals surface area (Å²) in [6, 6.07) is 16.0. The van der Waals surface area contributed by atoms with E-state index in [4.69, 9.17) is 4.74 Å². The molecule has 3 aromatic rings. The van der Waals surface area contributed by atoms with E-state index in [0.29, 0.717) is 12.2 Å². The van der Waals surface area contributed by atoms with Crippen molar-refractivity contribution in [2.24, 2.45) is 0 Å². The van der Waals surface area contributed by atoms with Crippen molar-refractivity contribution < 1.29 is 9.53 Å². The topological polar surface area (TPSA) is 26.3 Å². The molecule has 0 unspecified atom stereocenters. The number of halogens is 2. The second-order valence-corrected chi connectivity index (χ2v) is 6.88. The summed E-state index contributed by atoms with van der Waals surface area (Å²) in [5.41, 5.74) is 4.12. The molecular formula is C18H10Br2O2. The van der Waals surface area contributed by atoms with E-state index >= 15 is 0 Å². The molecule has 2 nitrogen and oxygen atoms in total. The highest BCUT2D eigenvalue weighted by Gasteiger charge is 2.20. The van der Waals surface area contributed by atoms with Crippen LogP contribution in [-0.2, 0) is 6.61 Å². The Hall–Kier alpha value is -1.65. The van der Waals surface area contributed by atoms with Gasteiger partial charge < -0.3 is 4.74 Å². The van der Waals surface area contributed by atoms with E-state index in [1.54, 1.807) is 0 Å². The molecule has 0 amide bonds. The summed E-state index contributed by atoms with van der Waals surface area (Å²) >= 11 is 6.50. The van der Waals surface area contributed by atoms with Gasteiger partial charge in [0.25, 0.3) is 0 Å². The maximum atomic E-state index is 11.5. The number of ether oxygens (including phenoxy) is 1. The summed E-state index contributed by atoms with van der Waals surface area (Å²) in [7, 11) is 0. The molecule has 0 saturated carbocycles. The summed E-state index contributed by atoms with van der Waals surface area (Å²) in [4.78, 5) is 11.5. The van der Waals surface area contributed by atoms with Crippen molar-refractivity contribution in [3.63, 3.8) is 0 Å². The molecule has 22 heavy (non-hydrogen) atoms. The predicted octanol–water partition coefficient (Wildman–Crippen LogP) is 5.70. The zero-order valence-corrected chi connectivity index (χ0v) is 14.6. The van der Waals surface area contributed by atoms with Gasteiger partial charge in [-0.05, 0) is 62.8 Å². The molecule has 0 saturated heterocycles. The van der Waals surface area contributed by atoms with Crippen molar-refractivity contribution in [2.45, 2.75) is 6.61 Å². The number of hydrogen-bond donors (Lipinski definition) is 0. The molecule has 0 radical (unpaired) electrons. The summed E-state index contributed by atoms with van der Waals surface area (Å²) < 4.78 is 6.95. The first kappa shape index (κ1) is 14.0. The summed E-state index contributed by atoms with van der Waals surface area (Å²) in [5.74, 6) is 0.890. The highest BCUT2D eigenvalue weighted by molar-refractivity contribution is 9.18. The molecule has 0 bridgehead atoms. The fourth-order valence-electron chi connectivity index (χ4n) is 2.89. The molecule has 3 aromatic carbocycles. The highest BCUT2D eigenvalue weighted by atomic mass is 79.9. The zero-order valence-electron chi connectivity index (χ0n) is 11.4. The standard InChI is InChI=1S/C18H10Br2O2/c19-13-3-6-14-12(8-13)9-22-17-15-4-2-11(18(20)21)7-10(15)1-5-16(14)17/h1-8H,9H2. The van der Waals surface area contributed by atoms with Crippen LogP contribution in [-0.4, -0.2) is 4.69 Å². The molecular weight excluding hydrogens is 408 g/mol. The van der Waals surface area contributed by atoms with Crippen molar-refractivity contribution in [3.8, 4) is 16.9 Å². The van der Waals surface area contributed by atoms with E-state index < -0.39 is 0 Å². The Balaban J connectivity index is 1.96. The molecule has 1 aliphatic rings. The van der Waals surface area contributed by atoms with Crippen LogP contribution < -0.4 is 4.74 Å². The van der Waals surface area contributed by atoms with Crippen molar-refractivity contribution in [1.82, 2.24) is 0 Å². The smallest absolute Gasteiger partial charge is 0.228 e. The molecule has 4 rings (SSSR count). The van der Waals surface area contributed by atoms with Crippen molar-refractivity contribution >= 4 is 47.3 Å². The quantitative estimate of drug-likeness (QED) is 0.475. The third kappa shape index (κ3) is 2.18. The molecule has 108 valence electrons. The molecule has 0 spiro atoms. The normalized spacial score (nSPS) is 12.5. The Kier molecular flexibility index (Phi) is 3.31. The summed E-state index contributed by atoms with van der Waals surface area (Å²) in [5, 5.41) is 2.04. The number of rotatable bonds is 1. The van der Waals surface area contributed by atoms with Crippen molar-refractivity contribution in [3.05, 3.63) is 64.1 Å². The van der Waals surface area contributed by atoms with Gasteiger partial charge in [-0.1, -0.05) is 34.1 Å². The maximum absolute atomic E-state index is 11.5. The van der Waals surface area contributed by atoms with Gasteiger partial charge in [-0.15, -0.1) is 0 Å². The largest absolute Gasteiger partial charge is 0.488 e. The van der Waals surface area contributed by atoms with E-state index in [2.05, 4.69) is 50.1 Å². The Morgan fingerprint density at radius 2 is 1.82 bits per heavy atom. The lowest BCUT2D eigenvalue weighted by Gasteiger charge is -2.22. The van der Waals surface area contributed by atoms with Gasteiger partial charge in [0, 0.05) is 21.0 Å². The van der Waals surface area contributed by atoms with E-state index in [0.717, 1.165) is 26.6 Å². The van der Waals surface area contributed by atoms with E-state index in [9.17, 15) is 4.79 Å². The number of hydrogen-bond acceptors (Lipinski definition) is 2. The van der Waals surface area contributed by atoms with Gasteiger partial charge in [0.1, 0.15) is 12.4 Å². The Morgan fingerprint density at radius 3 is 2.64 bits per heavy atom. The van der Waals surface area contributed by atoms with Crippen LogP contribution in [0.5, 0.6) is 5.75 Å². The fourth-order valence-corrected chi connectivity index (χ4v) is 3.54. The zero-order chi connectivity index (χ0) is 15.3. The van der Waals surface area contributed by atoms with E-state index in [1.165, 1.54) is 11.1 Å². The van der Waals surface area contributed by atoms with Crippen LogP contribution in [0.25, 0.3) is 21.9 Å². The van der Waals surface area contributed by atoms with Crippen molar-refractivity contribution in [2.75, 3.05) is 0 Å². The Morgan fingerprint density at radius 1 is 1.00 bits per heavy atom. The Bertz CT molecular complexity index is 932. The Labute approximate surface area is 144 Å². The van der Waals surface area contributed by atoms with Gasteiger partial charge in [0.2, 0.25) is 4.69 Å². The first-order chi connectivity index (χ1) is 10.6. The third-order valence-electron chi connectivity index (χ3n) is 3.93. The molecule has 4 heteroatoms. The second kappa shape index (κ2) is 5.21. The lowest BCUT2D eigenvalue weighted by atomic mass is 9.94. The average molecular weight is 418 g/mol. The minimum absolute atomic E-state index is 0.108. The lowest BCUT2D eigenvalue weighted by molar-refractivity contribution is 0.109. The molecule has 0 atom stereocenters. The van der Waals surface area contributed by atoms with Crippen LogP contribution in [0.15, 0.2) is 53.0 Å². The van der Waals surface area contributed by atoms with Gasteiger partial charge in [-0.2, -0.15) is 0 Å².